The Morgan fingerprint density at radius 2 is 2.12 bits per heavy atom. The summed E-state index contributed by atoms with van der Waals surface area (Å²) in [7, 11) is 0. The maximum absolute atomic E-state index is 6.13. The zero-order valence-electron chi connectivity index (χ0n) is 9.72. The van der Waals surface area contributed by atoms with Gasteiger partial charge in [0.25, 0.3) is 0 Å². The predicted octanol–water partition coefficient (Wildman–Crippen LogP) is 1.60. The second kappa shape index (κ2) is 5.37. The molecule has 0 amide bonds. The molecule has 2 N–H and O–H groups in total. The average Bonchev–Trinajstić information content (AvgIpc) is 2.31. The molecule has 0 spiro atoms. The molecule has 0 bridgehead atoms. The Labute approximate surface area is 96.2 Å². The maximum Gasteiger partial charge on any atom is 0.0754 e. The lowest BCUT2D eigenvalue weighted by molar-refractivity contribution is 0.0617. The van der Waals surface area contributed by atoms with E-state index in [0.29, 0.717) is 5.92 Å². The number of aryl methyl sites for hydroxylation is 1. The third kappa shape index (κ3) is 3.00. The number of aromatic nitrogens is 2. The minimum atomic E-state index is 0.0104. The molecular formula is C12H19N3O. The van der Waals surface area contributed by atoms with Gasteiger partial charge in [0.1, 0.15) is 0 Å². The number of nitrogens with zero attached hydrogens (tertiary/aromatic N) is 2. The van der Waals surface area contributed by atoms with Crippen molar-refractivity contribution in [1.82, 2.24) is 9.97 Å². The first-order valence-corrected chi connectivity index (χ1v) is 5.87. The monoisotopic (exact) mass is 221 g/mol. The van der Waals surface area contributed by atoms with Crippen molar-refractivity contribution in [3.8, 4) is 0 Å². The zero-order valence-corrected chi connectivity index (χ0v) is 9.72. The molecular weight excluding hydrogens is 202 g/mol. The molecule has 1 unspecified atom stereocenters. The van der Waals surface area contributed by atoms with Gasteiger partial charge in [0.05, 0.1) is 17.6 Å². The summed E-state index contributed by atoms with van der Waals surface area (Å²) in [6, 6.07) is 0.0104. The van der Waals surface area contributed by atoms with Crippen LogP contribution in [-0.4, -0.2) is 23.2 Å². The van der Waals surface area contributed by atoms with Crippen molar-refractivity contribution in [3.63, 3.8) is 0 Å². The van der Waals surface area contributed by atoms with Gasteiger partial charge in [0.2, 0.25) is 0 Å². The highest BCUT2D eigenvalue weighted by molar-refractivity contribution is 5.05. The summed E-state index contributed by atoms with van der Waals surface area (Å²) in [6.07, 6.45) is 6.79. The number of hydrogen-bond acceptors (Lipinski definition) is 4. The third-order valence-electron chi connectivity index (χ3n) is 3.11. The summed E-state index contributed by atoms with van der Waals surface area (Å²) in [4.78, 5) is 8.55. The topological polar surface area (TPSA) is 61.0 Å². The van der Waals surface area contributed by atoms with Crippen LogP contribution in [-0.2, 0) is 4.74 Å². The molecule has 1 saturated heterocycles. The fourth-order valence-electron chi connectivity index (χ4n) is 2.06. The van der Waals surface area contributed by atoms with E-state index in [1.807, 2.05) is 6.92 Å². The van der Waals surface area contributed by atoms with E-state index in [1.54, 1.807) is 12.4 Å². The maximum atomic E-state index is 6.13. The molecule has 2 heterocycles. The molecule has 0 saturated carbocycles. The highest BCUT2D eigenvalue weighted by Crippen LogP contribution is 2.24. The minimum Gasteiger partial charge on any atom is -0.381 e. The second-order valence-electron chi connectivity index (χ2n) is 4.48. The molecule has 1 atom stereocenters. The first-order valence-electron chi connectivity index (χ1n) is 5.87. The first-order chi connectivity index (χ1) is 7.75. The largest absolute Gasteiger partial charge is 0.381 e. The van der Waals surface area contributed by atoms with Crippen molar-refractivity contribution in [2.45, 2.75) is 32.2 Å². The van der Waals surface area contributed by atoms with Gasteiger partial charge in [-0.05, 0) is 32.1 Å². The standard InChI is InChI=1S/C12H19N3O/c1-9-7-15-12(8-14-9)11(13)6-10-2-4-16-5-3-10/h7-8,10-11H,2-6,13H2,1H3. The van der Waals surface area contributed by atoms with Crippen molar-refractivity contribution in [2.24, 2.45) is 11.7 Å². The minimum absolute atomic E-state index is 0.0104. The van der Waals surface area contributed by atoms with Crippen LogP contribution in [0.25, 0.3) is 0 Å². The zero-order chi connectivity index (χ0) is 11.4. The van der Waals surface area contributed by atoms with Crippen LogP contribution in [0.4, 0.5) is 0 Å². The van der Waals surface area contributed by atoms with Crippen molar-refractivity contribution < 1.29 is 4.74 Å². The molecule has 4 heteroatoms. The number of nitrogens with two attached hydrogens (primary N) is 1. The highest BCUT2D eigenvalue weighted by Gasteiger charge is 2.18. The van der Waals surface area contributed by atoms with Crippen LogP contribution in [0.15, 0.2) is 12.4 Å². The fraction of sp³-hybridized carbons (Fsp3) is 0.667. The second-order valence-corrected chi connectivity index (χ2v) is 4.48. The molecule has 1 fully saturated rings. The van der Waals surface area contributed by atoms with Gasteiger partial charge in [-0.1, -0.05) is 0 Å². The fourth-order valence-corrected chi connectivity index (χ4v) is 2.06. The van der Waals surface area contributed by atoms with Crippen LogP contribution in [0, 0.1) is 12.8 Å². The van der Waals surface area contributed by atoms with Gasteiger partial charge in [0, 0.05) is 25.5 Å². The van der Waals surface area contributed by atoms with Gasteiger partial charge in [-0.25, -0.2) is 0 Å². The number of ether oxygens (including phenoxy) is 1. The molecule has 1 aliphatic heterocycles. The van der Waals surface area contributed by atoms with Crippen molar-refractivity contribution in [1.29, 1.82) is 0 Å². The van der Waals surface area contributed by atoms with Gasteiger partial charge < -0.3 is 10.5 Å². The summed E-state index contributed by atoms with van der Waals surface area (Å²) >= 11 is 0. The van der Waals surface area contributed by atoms with Gasteiger partial charge in [-0.15, -0.1) is 0 Å². The van der Waals surface area contributed by atoms with E-state index in [0.717, 1.165) is 43.9 Å². The molecule has 1 aromatic heterocycles. The average molecular weight is 221 g/mol. The SMILES string of the molecule is Cc1cnc(C(N)CC2CCOCC2)cn1. The van der Waals surface area contributed by atoms with E-state index in [4.69, 9.17) is 10.5 Å². The third-order valence-corrected chi connectivity index (χ3v) is 3.11. The Morgan fingerprint density at radius 1 is 1.38 bits per heavy atom. The summed E-state index contributed by atoms with van der Waals surface area (Å²) in [6.45, 7) is 3.68. The summed E-state index contributed by atoms with van der Waals surface area (Å²) in [5.74, 6) is 0.673. The van der Waals surface area contributed by atoms with Gasteiger partial charge >= 0.3 is 0 Å². The smallest absolute Gasteiger partial charge is 0.0754 e. The summed E-state index contributed by atoms with van der Waals surface area (Å²) in [5, 5.41) is 0. The predicted molar refractivity (Wildman–Crippen MR) is 61.9 cm³/mol. The molecule has 16 heavy (non-hydrogen) atoms. The van der Waals surface area contributed by atoms with E-state index < -0.39 is 0 Å². The van der Waals surface area contributed by atoms with Gasteiger partial charge in [-0.3, -0.25) is 9.97 Å². The van der Waals surface area contributed by atoms with Gasteiger partial charge in [-0.2, -0.15) is 0 Å². The molecule has 0 aromatic carbocycles. The highest BCUT2D eigenvalue weighted by atomic mass is 16.5. The molecule has 0 radical (unpaired) electrons. The number of rotatable bonds is 3. The van der Waals surface area contributed by atoms with Crippen LogP contribution in [0.2, 0.25) is 0 Å². The summed E-state index contributed by atoms with van der Waals surface area (Å²) in [5.41, 5.74) is 7.97. The molecule has 1 aliphatic rings. The van der Waals surface area contributed by atoms with Gasteiger partial charge in [0.15, 0.2) is 0 Å². The molecule has 4 nitrogen and oxygen atoms in total. The normalized spacial score (nSPS) is 19.6. The van der Waals surface area contributed by atoms with Crippen molar-refractivity contribution in [2.75, 3.05) is 13.2 Å². The van der Waals surface area contributed by atoms with Crippen LogP contribution in [0.1, 0.15) is 36.7 Å². The molecule has 1 aromatic rings. The molecule has 88 valence electrons. The lowest BCUT2D eigenvalue weighted by Gasteiger charge is -2.24. The van der Waals surface area contributed by atoms with Crippen LogP contribution >= 0.6 is 0 Å². The van der Waals surface area contributed by atoms with E-state index in [-0.39, 0.29) is 6.04 Å². The summed E-state index contributed by atoms with van der Waals surface area (Å²) < 4.78 is 5.33. The van der Waals surface area contributed by atoms with E-state index in [2.05, 4.69) is 9.97 Å². The van der Waals surface area contributed by atoms with Crippen LogP contribution < -0.4 is 5.73 Å². The lowest BCUT2D eigenvalue weighted by atomic mass is 9.92. The first kappa shape index (κ1) is 11.5. The van der Waals surface area contributed by atoms with Crippen LogP contribution in [0.5, 0.6) is 0 Å². The molecule has 0 aliphatic carbocycles. The van der Waals surface area contributed by atoms with E-state index >= 15 is 0 Å². The Bertz CT molecular complexity index is 320. The Balaban J connectivity index is 1.91. The Hall–Kier alpha value is -1.00. The lowest BCUT2D eigenvalue weighted by Crippen LogP contribution is -2.22. The van der Waals surface area contributed by atoms with Crippen molar-refractivity contribution in [3.05, 3.63) is 23.8 Å². The Kier molecular flexibility index (Phi) is 3.85. The molecule has 2 rings (SSSR count). The quantitative estimate of drug-likeness (QED) is 0.842. The van der Waals surface area contributed by atoms with E-state index in [1.165, 1.54) is 0 Å². The number of hydrogen-bond donors (Lipinski definition) is 1. The van der Waals surface area contributed by atoms with E-state index in [9.17, 15) is 0 Å². The van der Waals surface area contributed by atoms with Crippen LogP contribution in [0.3, 0.4) is 0 Å². The Morgan fingerprint density at radius 3 is 2.75 bits per heavy atom. The van der Waals surface area contributed by atoms with Crippen molar-refractivity contribution >= 4 is 0 Å².